The van der Waals surface area contributed by atoms with Crippen LogP contribution in [0.2, 0.25) is 5.02 Å². The first-order valence-electron chi connectivity index (χ1n) is 10.8. The summed E-state index contributed by atoms with van der Waals surface area (Å²) in [6, 6.07) is 4.34. The minimum absolute atomic E-state index is 0.0795. The van der Waals surface area contributed by atoms with Crippen molar-refractivity contribution in [1.82, 2.24) is 15.2 Å². The Kier molecular flexibility index (Phi) is 11.8. The van der Waals surface area contributed by atoms with Crippen molar-refractivity contribution in [2.75, 3.05) is 33.3 Å². The molecule has 6 nitrogen and oxygen atoms in total. The zero-order valence-electron chi connectivity index (χ0n) is 18.9. The monoisotopic (exact) mass is 475 g/mol. The van der Waals surface area contributed by atoms with Gasteiger partial charge in [0.25, 0.3) is 0 Å². The number of nitrogens with one attached hydrogen (secondary N) is 1. The number of hydrogen-bond acceptors (Lipinski definition) is 6. The molecule has 0 aliphatic carbocycles. The molecular formula is C25H31ClFN3O3. The van der Waals surface area contributed by atoms with E-state index in [-0.39, 0.29) is 16.6 Å². The van der Waals surface area contributed by atoms with E-state index in [4.69, 9.17) is 20.8 Å². The third kappa shape index (κ3) is 8.37. The summed E-state index contributed by atoms with van der Waals surface area (Å²) in [5.41, 5.74) is 0.987. The fourth-order valence-corrected chi connectivity index (χ4v) is 3.72. The van der Waals surface area contributed by atoms with Gasteiger partial charge >= 0.3 is 0 Å². The lowest BCUT2D eigenvalue weighted by atomic mass is 10.0. The van der Waals surface area contributed by atoms with Gasteiger partial charge in [-0.3, -0.25) is 9.69 Å². The van der Waals surface area contributed by atoms with Crippen molar-refractivity contribution in [3.05, 3.63) is 89.9 Å². The molecule has 0 saturated carbocycles. The molecule has 0 radical (unpaired) electrons. The second-order valence-electron chi connectivity index (χ2n) is 7.46. The van der Waals surface area contributed by atoms with Crippen molar-refractivity contribution in [3.63, 3.8) is 0 Å². The maximum Gasteiger partial charge on any atom is 0.180 e. The number of oxazole rings is 1. The number of piperidine rings is 1. The van der Waals surface area contributed by atoms with Crippen LogP contribution in [0.1, 0.15) is 35.0 Å². The predicted molar refractivity (Wildman–Crippen MR) is 129 cm³/mol. The third-order valence-corrected chi connectivity index (χ3v) is 5.62. The lowest BCUT2D eigenvalue weighted by Crippen LogP contribution is -2.42. The number of aromatic nitrogens is 1. The van der Waals surface area contributed by atoms with Crippen molar-refractivity contribution in [2.24, 2.45) is 0 Å². The molecule has 2 aromatic rings. The maximum absolute atomic E-state index is 12.5. The average molecular weight is 476 g/mol. The summed E-state index contributed by atoms with van der Waals surface area (Å²) < 4.78 is 24.0. The van der Waals surface area contributed by atoms with Crippen LogP contribution in [0.15, 0.2) is 72.2 Å². The van der Waals surface area contributed by atoms with E-state index in [0.717, 1.165) is 43.8 Å². The molecule has 1 aliphatic rings. The van der Waals surface area contributed by atoms with E-state index < -0.39 is 5.82 Å². The molecule has 1 fully saturated rings. The highest BCUT2D eigenvalue weighted by molar-refractivity contribution is 6.32. The Bertz CT molecular complexity index is 889. The average Bonchev–Trinajstić information content (AvgIpc) is 3.36. The summed E-state index contributed by atoms with van der Waals surface area (Å²) in [7, 11) is 1.96. The van der Waals surface area contributed by atoms with Crippen molar-refractivity contribution < 1.29 is 18.3 Å². The minimum Gasteiger partial charge on any atom is -0.447 e. The molecule has 0 spiro atoms. The number of likely N-dealkylation sites (N-methyl/N-ethyl adjacent to an activating group) is 1. The Balaban J connectivity index is 0.000000321. The Morgan fingerprint density at radius 2 is 2.18 bits per heavy atom. The van der Waals surface area contributed by atoms with Gasteiger partial charge < -0.3 is 14.5 Å². The van der Waals surface area contributed by atoms with E-state index in [1.54, 1.807) is 12.3 Å². The van der Waals surface area contributed by atoms with Crippen LogP contribution in [-0.2, 0) is 4.74 Å². The molecule has 0 bridgehead atoms. The highest BCUT2D eigenvalue weighted by atomic mass is 35.5. The van der Waals surface area contributed by atoms with Gasteiger partial charge in [0.2, 0.25) is 0 Å². The van der Waals surface area contributed by atoms with Crippen LogP contribution in [0, 0.1) is 5.82 Å². The van der Waals surface area contributed by atoms with E-state index in [0.29, 0.717) is 19.0 Å². The van der Waals surface area contributed by atoms with Gasteiger partial charge in [0.05, 0.1) is 35.5 Å². The number of likely N-dealkylation sites (tertiary alicyclic amines) is 1. The number of halogens is 2. The quantitative estimate of drug-likeness (QED) is 0.385. The van der Waals surface area contributed by atoms with E-state index in [2.05, 4.69) is 28.4 Å². The molecule has 33 heavy (non-hydrogen) atoms. The summed E-state index contributed by atoms with van der Waals surface area (Å²) in [6.45, 7) is 10.9. The van der Waals surface area contributed by atoms with Crippen LogP contribution >= 0.6 is 11.6 Å². The number of allylic oxidation sites excluding steroid dienone is 2. The van der Waals surface area contributed by atoms with Gasteiger partial charge in [0.1, 0.15) is 11.6 Å². The van der Waals surface area contributed by atoms with Crippen LogP contribution in [0.5, 0.6) is 0 Å². The summed E-state index contributed by atoms with van der Waals surface area (Å²) in [4.78, 5) is 16.6. The molecule has 2 heterocycles. The number of carbonyl (C=O) groups is 1. The molecule has 1 N–H and O–H groups in total. The van der Waals surface area contributed by atoms with Gasteiger partial charge in [0, 0.05) is 19.6 Å². The number of aldehydes is 1. The van der Waals surface area contributed by atoms with Crippen molar-refractivity contribution >= 4 is 17.9 Å². The number of benzene rings is 1. The van der Waals surface area contributed by atoms with Crippen LogP contribution in [0.25, 0.3) is 0 Å². The second kappa shape index (κ2) is 14.5. The summed E-state index contributed by atoms with van der Waals surface area (Å²) in [5, 5.41) is 3.39. The first kappa shape index (κ1) is 26.7. The summed E-state index contributed by atoms with van der Waals surface area (Å²) in [6.07, 6.45) is 11.6. The zero-order chi connectivity index (χ0) is 24.1. The van der Waals surface area contributed by atoms with Crippen molar-refractivity contribution in [1.29, 1.82) is 0 Å². The Labute approximate surface area is 199 Å². The third-order valence-electron chi connectivity index (χ3n) is 5.29. The van der Waals surface area contributed by atoms with Gasteiger partial charge in [-0.15, -0.1) is 0 Å². The fourth-order valence-electron chi connectivity index (χ4n) is 3.51. The molecule has 1 unspecified atom stereocenters. The van der Waals surface area contributed by atoms with Crippen LogP contribution in [0.4, 0.5) is 4.39 Å². The van der Waals surface area contributed by atoms with E-state index in [1.165, 1.54) is 24.6 Å². The number of rotatable bonds is 10. The summed E-state index contributed by atoms with van der Waals surface area (Å²) >= 11 is 5.46. The topological polar surface area (TPSA) is 67.6 Å². The van der Waals surface area contributed by atoms with Crippen molar-refractivity contribution in [2.45, 2.75) is 25.0 Å². The standard InChI is InChI=1S/C18H27N3O2.C7H4ClFO/c1-4-6-15(5-2)13-22-16-7-9-21(10-8-16)17(11-19-3)18-12-20-14-23-18;8-6-2-1-3-7(9)5(6)4-10/h4-6,12,14,16-17,19H,1-2,7-11,13H2,3H3;1-4H/b15-6+;. The van der Waals surface area contributed by atoms with Gasteiger partial charge in [-0.05, 0) is 37.6 Å². The van der Waals surface area contributed by atoms with Gasteiger partial charge in [-0.2, -0.15) is 0 Å². The minimum atomic E-state index is -0.581. The largest absolute Gasteiger partial charge is 0.447 e. The molecule has 1 saturated heterocycles. The van der Waals surface area contributed by atoms with E-state index in [1.807, 2.05) is 19.2 Å². The lowest BCUT2D eigenvalue weighted by Gasteiger charge is -2.36. The SMILES string of the molecule is C=C/C=C(\C=C)COC1CCN(C(CNC)c2cnco2)CC1.O=Cc1c(F)cccc1Cl. The fraction of sp³-hybridized carbons (Fsp3) is 0.360. The molecule has 1 aliphatic heterocycles. The second-order valence-corrected chi connectivity index (χ2v) is 7.87. The summed E-state index contributed by atoms with van der Waals surface area (Å²) in [5.74, 6) is 0.337. The van der Waals surface area contributed by atoms with Crippen LogP contribution in [-0.4, -0.2) is 55.6 Å². The molecule has 3 rings (SSSR count). The Morgan fingerprint density at radius 3 is 2.70 bits per heavy atom. The molecule has 1 atom stereocenters. The molecule has 1 aromatic heterocycles. The highest BCUT2D eigenvalue weighted by Gasteiger charge is 2.28. The number of hydrogen-bond donors (Lipinski definition) is 1. The molecule has 0 amide bonds. The van der Waals surface area contributed by atoms with Crippen LogP contribution in [0.3, 0.4) is 0 Å². The lowest BCUT2D eigenvalue weighted by molar-refractivity contribution is 0.00623. The molecule has 8 heteroatoms. The molecular weight excluding hydrogens is 445 g/mol. The Morgan fingerprint density at radius 1 is 1.42 bits per heavy atom. The van der Waals surface area contributed by atoms with Gasteiger partial charge in [-0.25, -0.2) is 9.37 Å². The van der Waals surface area contributed by atoms with Crippen molar-refractivity contribution in [3.8, 4) is 0 Å². The normalized spacial score (nSPS) is 15.9. The number of nitrogens with zero attached hydrogens (tertiary/aromatic N) is 2. The molecule has 1 aromatic carbocycles. The van der Waals surface area contributed by atoms with Gasteiger partial charge in [0.15, 0.2) is 12.7 Å². The molecule has 178 valence electrons. The Hall–Kier alpha value is -2.58. The van der Waals surface area contributed by atoms with E-state index >= 15 is 0 Å². The number of ether oxygens (including phenoxy) is 1. The maximum atomic E-state index is 12.5. The van der Waals surface area contributed by atoms with E-state index in [9.17, 15) is 9.18 Å². The first-order valence-corrected chi connectivity index (χ1v) is 11.1. The highest BCUT2D eigenvalue weighted by Crippen LogP contribution is 2.25. The predicted octanol–water partition coefficient (Wildman–Crippen LogP) is 5.01. The number of carbonyl (C=O) groups excluding carboxylic acids is 1. The van der Waals surface area contributed by atoms with Crippen LogP contribution < -0.4 is 5.32 Å². The zero-order valence-corrected chi connectivity index (χ0v) is 19.6. The smallest absolute Gasteiger partial charge is 0.180 e. The first-order chi connectivity index (χ1) is 16.0. The van der Waals surface area contributed by atoms with Gasteiger partial charge in [-0.1, -0.05) is 49.1 Å².